The number of hydrogen-bond donors (Lipinski definition) is 1. The lowest BCUT2D eigenvalue weighted by molar-refractivity contribution is 0.402. The lowest BCUT2D eigenvalue weighted by Crippen LogP contribution is -2.21. The van der Waals surface area contributed by atoms with E-state index in [-0.39, 0.29) is 6.04 Å². The van der Waals surface area contributed by atoms with Crippen LogP contribution in [0.25, 0.3) is 11.5 Å². The van der Waals surface area contributed by atoms with E-state index >= 15 is 0 Å². The minimum absolute atomic E-state index is 0.222. The van der Waals surface area contributed by atoms with Gasteiger partial charge in [-0.3, -0.25) is 0 Å². The third-order valence-corrected chi connectivity index (χ3v) is 4.32. The quantitative estimate of drug-likeness (QED) is 0.900. The molecule has 0 spiro atoms. The SMILES string of the molecule is Cc1ccc(-c2nc(C3CCCCCN3)no2)c(Br)c1. The Kier molecular flexibility index (Phi) is 4.17. The van der Waals surface area contributed by atoms with E-state index < -0.39 is 0 Å². The number of benzene rings is 1. The molecule has 3 rings (SSSR count). The molecule has 1 fully saturated rings. The van der Waals surface area contributed by atoms with E-state index in [1.165, 1.54) is 24.8 Å². The van der Waals surface area contributed by atoms with Gasteiger partial charge in [0, 0.05) is 4.47 Å². The van der Waals surface area contributed by atoms with Gasteiger partial charge in [0.25, 0.3) is 5.89 Å². The van der Waals surface area contributed by atoms with Gasteiger partial charge in [0.05, 0.1) is 11.6 Å². The zero-order chi connectivity index (χ0) is 13.9. The van der Waals surface area contributed by atoms with Crippen LogP contribution in [0.4, 0.5) is 0 Å². The zero-order valence-corrected chi connectivity index (χ0v) is 13.1. The van der Waals surface area contributed by atoms with Crippen molar-refractivity contribution in [2.24, 2.45) is 0 Å². The van der Waals surface area contributed by atoms with Crippen LogP contribution in [0.5, 0.6) is 0 Å². The van der Waals surface area contributed by atoms with Gasteiger partial charge in [-0.05, 0) is 59.9 Å². The summed E-state index contributed by atoms with van der Waals surface area (Å²) in [6.45, 7) is 3.09. The van der Waals surface area contributed by atoms with E-state index in [0.29, 0.717) is 5.89 Å². The molecule has 1 aromatic carbocycles. The van der Waals surface area contributed by atoms with Crippen LogP contribution in [-0.4, -0.2) is 16.7 Å². The van der Waals surface area contributed by atoms with E-state index in [2.05, 4.69) is 44.4 Å². The largest absolute Gasteiger partial charge is 0.334 e. The predicted molar refractivity (Wildman–Crippen MR) is 81.4 cm³/mol. The van der Waals surface area contributed by atoms with Crippen molar-refractivity contribution in [3.05, 3.63) is 34.1 Å². The number of nitrogens with zero attached hydrogens (tertiary/aromatic N) is 2. The van der Waals surface area contributed by atoms with Gasteiger partial charge >= 0.3 is 0 Å². The Labute approximate surface area is 127 Å². The maximum absolute atomic E-state index is 5.43. The van der Waals surface area contributed by atoms with Crippen LogP contribution in [0.15, 0.2) is 27.2 Å². The Morgan fingerprint density at radius 2 is 2.20 bits per heavy atom. The van der Waals surface area contributed by atoms with Crippen molar-refractivity contribution in [3.63, 3.8) is 0 Å². The molecule has 1 aliphatic heterocycles. The van der Waals surface area contributed by atoms with Crippen molar-refractivity contribution in [1.29, 1.82) is 0 Å². The van der Waals surface area contributed by atoms with Gasteiger partial charge in [0.1, 0.15) is 0 Å². The molecule has 0 radical (unpaired) electrons. The van der Waals surface area contributed by atoms with Gasteiger partial charge in [-0.1, -0.05) is 24.1 Å². The highest BCUT2D eigenvalue weighted by Gasteiger charge is 2.20. The summed E-state index contributed by atoms with van der Waals surface area (Å²) in [5.74, 6) is 1.35. The van der Waals surface area contributed by atoms with Crippen molar-refractivity contribution in [1.82, 2.24) is 15.5 Å². The summed E-state index contributed by atoms with van der Waals surface area (Å²) in [6.07, 6.45) is 4.80. The first-order valence-electron chi connectivity index (χ1n) is 7.07. The topological polar surface area (TPSA) is 51.0 Å². The Morgan fingerprint density at radius 3 is 3.05 bits per heavy atom. The molecular weight excluding hydrogens is 318 g/mol. The minimum atomic E-state index is 0.222. The maximum atomic E-state index is 5.43. The van der Waals surface area contributed by atoms with Crippen molar-refractivity contribution >= 4 is 15.9 Å². The average molecular weight is 336 g/mol. The number of aryl methyl sites for hydroxylation is 1. The van der Waals surface area contributed by atoms with Crippen LogP contribution in [0.2, 0.25) is 0 Å². The van der Waals surface area contributed by atoms with E-state index in [1.807, 2.05) is 12.1 Å². The zero-order valence-electron chi connectivity index (χ0n) is 11.5. The molecule has 1 aliphatic rings. The lowest BCUT2D eigenvalue weighted by atomic mass is 10.1. The molecule has 0 saturated carbocycles. The second-order valence-electron chi connectivity index (χ2n) is 5.30. The third-order valence-electron chi connectivity index (χ3n) is 3.67. The van der Waals surface area contributed by atoms with Crippen LogP contribution in [0.3, 0.4) is 0 Å². The van der Waals surface area contributed by atoms with Crippen molar-refractivity contribution in [3.8, 4) is 11.5 Å². The van der Waals surface area contributed by atoms with Gasteiger partial charge in [-0.2, -0.15) is 4.98 Å². The molecule has 1 atom stereocenters. The van der Waals surface area contributed by atoms with Crippen molar-refractivity contribution in [2.45, 2.75) is 38.6 Å². The predicted octanol–water partition coefficient (Wildman–Crippen LogP) is 4.01. The minimum Gasteiger partial charge on any atom is -0.334 e. The monoisotopic (exact) mass is 335 g/mol. The van der Waals surface area contributed by atoms with E-state index in [1.54, 1.807) is 0 Å². The Bertz CT molecular complexity index is 589. The summed E-state index contributed by atoms with van der Waals surface area (Å²) in [6, 6.07) is 6.34. The highest BCUT2D eigenvalue weighted by Crippen LogP contribution is 2.29. The van der Waals surface area contributed by atoms with Crippen molar-refractivity contribution in [2.75, 3.05) is 6.54 Å². The summed E-state index contributed by atoms with van der Waals surface area (Å²) < 4.78 is 6.42. The third kappa shape index (κ3) is 2.94. The summed E-state index contributed by atoms with van der Waals surface area (Å²) in [5, 5.41) is 7.64. The molecule has 0 aliphatic carbocycles. The fraction of sp³-hybridized carbons (Fsp3) is 0.467. The molecule has 106 valence electrons. The molecule has 5 heteroatoms. The molecule has 1 saturated heterocycles. The number of rotatable bonds is 2. The summed E-state index contributed by atoms with van der Waals surface area (Å²) in [4.78, 5) is 4.57. The summed E-state index contributed by atoms with van der Waals surface area (Å²) >= 11 is 3.56. The van der Waals surface area contributed by atoms with Gasteiger partial charge in [0.15, 0.2) is 5.82 Å². The van der Waals surface area contributed by atoms with Crippen LogP contribution in [-0.2, 0) is 0 Å². The first-order chi connectivity index (χ1) is 9.74. The molecule has 2 aromatic rings. The Hall–Kier alpha value is -1.20. The molecule has 4 nitrogen and oxygen atoms in total. The smallest absolute Gasteiger partial charge is 0.259 e. The number of halogens is 1. The fourth-order valence-corrected chi connectivity index (χ4v) is 3.19. The van der Waals surface area contributed by atoms with Gasteiger partial charge in [-0.25, -0.2) is 0 Å². The summed E-state index contributed by atoms with van der Waals surface area (Å²) in [7, 11) is 0. The van der Waals surface area contributed by atoms with Gasteiger partial charge < -0.3 is 9.84 Å². The second-order valence-corrected chi connectivity index (χ2v) is 6.15. The molecule has 20 heavy (non-hydrogen) atoms. The van der Waals surface area contributed by atoms with Crippen LogP contribution in [0, 0.1) is 6.92 Å². The Morgan fingerprint density at radius 1 is 1.30 bits per heavy atom. The molecule has 2 heterocycles. The van der Waals surface area contributed by atoms with Gasteiger partial charge in [0.2, 0.25) is 0 Å². The van der Waals surface area contributed by atoms with Crippen molar-refractivity contribution < 1.29 is 4.52 Å². The van der Waals surface area contributed by atoms with E-state index in [9.17, 15) is 0 Å². The molecule has 1 N–H and O–H groups in total. The standard InChI is InChI=1S/C15H18BrN3O/c1-10-6-7-11(12(16)9-10)15-18-14(19-20-15)13-5-3-2-4-8-17-13/h6-7,9,13,17H,2-5,8H2,1H3. The first-order valence-corrected chi connectivity index (χ1v) is 7.87. The normalized spacial score (nSPS) is 19.8. The molecule has 1 aromatic heterocycles. The number of hydrogen-bond acceptors (Lipinski definition) is 4. The van der Waals surface area contributed by atoms with Crippen LogP contribution < -0.4 is 5.32 Å². The van der Waals surface area contributed by atoms with E-state index in [0.717, 1.165) is 28.8 Å². The highest BCUT2D eigenvalue weighted by atomic mass is 79.9. The highest BCUT2D eigenvalue weighted by molar-refractivity contribution is 9.10. The Balaban J connectivity index is 1.85. The van der Waals surface area contributed by atoms with Crippen LogP contribution >= 0.6 is 15.9 Å². The number of nitrogens with one attached hydrogen (secondary N) is 1. The number of aromatic nitrogens is 2. The first kappa shape index (κ1) is 13.8. The van der Waals surface area contributed by atoms with E-state index in [4.69, 9.17) is 4.52 Å². The van der Waals surface area contributed by atoms with Crippen LogP contribution in [0.1, 0.15) is 43.1 Å². The molecule has 1 unspecified atom stereocenters. The average Bonchev–Trinajstić information content (AvgIpc) is 2.74. The maximum Gasteiger partial charge on any atom is 0.259 e. The second kappa shape index (κ2) is 6.06. The molecular formula is C15H18BrN3O. The molecule has 0 bridgehead atoms. The summed E-state index contributed by atoms with van der Waals surface area (Å²) in [5.41, 5.74) is 2.15. The fourth-order valence-electron chi connectivity index (χ4n) is 2.53. The lowest BCUT2D eigenvalue weighted by Gasteiger charge is -2.09. The molecule has 0 amide bonds. The van der Waals surface area contributed by atoms with Gasteiger partial charge in [-0.15, -0.1) is 0 Å².